The number of amides is 2. The van der Waals surface area contributed by atoms with Crippen molar-refractivity contribution >= 4 is 39.8 Å². The fraction of sp³-hybridized carbons (Fsp3) is 0.0909. The Morgan fingerprint density at radius 3 is 2.71 bits per heavy atom. The minimum atomic E-state index is -0.313. The minimum Gasteiger partial charge on any atom is -0.308 e. The Balaban J connectivity index is 1.93. The molecule has 0 saturated heterocycles. The van der Waals surface area contributed by atoms with Crippen molar-refractivity contribution < 1.29 is 4.79 Å². The molecule has 0 aliphatic heterocycles. The number of alkyl halides is 1. The molecule has 2 aromatic rings. The van der Waals surface area contributed by atoms with Gasteiger partial charge in [-0.1, -0.05) is 18.2 Å². The third kappa shape index (κ3) is 3.44. The van der Waals surface area contributed by atoms with Crippen molar-refractivity contribution in [3.8, 4) is 0 Å². The van der Waals surface area contributed by atoms with Gasteiger partial charge in [-0.2, -0.15) is 0 Å². The largest absolute Gasteiger partial charge is 0.325 e. The van der Waals surface area contributed by atoms with Gasteiger partial charge in [-0.15, -0.1) is 22.9 Å². The van der Waals surface area contributed by atoms with Crippen molar-refractivity contribution in [3.05, 3.63) is 41.4 Å². The molecule has 0 spiro atoms. The van der Waals surface area contributed by atoms with Gasteiger partial charge in [-0.05, 0) is 12.1 Å². The molecule has 0 aliphatic rings. The standard InChI is InChI=1S/C11H10ClN3OS/c12-6-9-7-17-11(14-9)15-10(16)13-8-4-2-1-3-5-8/h1-5,7H,6H2,(H2,13,14,15,16). The molecule has 0 aliphatic carbocycles. The molecule has 1 aromatic carbocycles. The zero-order chi connectivity index (χ0) is 12.1. The van der Waals surface area contributed by atoms with Crippen LogP contribution in [0.25, 0.3) is 0 Å². The van der Waals surface area contributed by atoms with Gasteiger partial charge in [-0.25, -0.2) is 9.78 Å². The zero-order valence-corrected chi connectivity index (χ0v) is 10.4. The minimum absolute atomic E-state index is 0.313. The van der Waals surface area contributed by atoms with Gasteiger partial charge in [0.2, 0.25) is 0 Å². The first kappa shape index (κ1) is 11.9. The molecule has 4 nitrogen and oxygen atoms in total. The van der Waals surface area contributed by atoms with Crippen molar-refractivity contribution in [1.82, 2.24) is 4.98 Å². The van der Waals surface area contributed by atoms with Crippen LogP contribution in [0.3, 0.4) is 0 Å². The van der Waals surface area contributed by atoms with Crippen molar-refractivity contribution in [2.45, 2.75) is 5.88 Å². The number of hydrogen-bond donors (Lipinski definition) is 2. The number of anilines is 2. The quantitative estimate of drug-likeness (QED) is 0.836. The van der Waals surface area contributed by atoms with E-state index in [0.29, 0.717) is 11.0 Å². The summed E-state index contributed by atoms with van der Waals surface area (Å²) in [5.74, 6) is 0.346. The lowest BCUT2D eigenvalue weighted by molar-refractivity contribution is 0.262. The normalized spacial score (nSPS) is 9.94. The van der Waals surface area contributed by atoms with E-state index in [1.807, 2.05) is 35.7 Å². The zero-order valence-electron chi connectivity index (χ0n) is 8.81. The molecular formula is C11H10ClN3OS. The molecule has 0 radical (unpaired) electrons. The number of halogens is 1. The summed E-state index contributed by atoms with van der Waals surface area (Å²) < 4.78 is 0. The number of nitrogens with zero attached hydrogens (tertiary/aromatic N) is 1. The van der Waals surface area contributed by atoms with E-state index >= 15 is 0 Å². The summed E-state index contributed by atoms with van der Waals surface area (Å²) >= 11 is 6.97. The predicted molar refractivity (Wildman–Crippen MR) is 70.8 cm³/mol. The Bertz CT molecular complexity index is 500. The van der Waals surface area contributed by atoms with Crippen LogP contribution in [-0.2, 0) is 5.88 Å². The maximum Gasteiger partial charge on any atom is 0.325 e. The molecule has 0 saturated carbocycles. The van der Waals surface area contributed by atoms with Crippen LogP contribution < -0.4 is 10.6 Å². The lowest BCUT2D eigenvalue weighted by Gasteiger charge is -2.04. The van der Waals surface area contributed by atoms with Gasteiger partial charge in [0.25, 0.3) is 0 Å². The van der Waals surface area contributed by atoms with Crippen molar-refractivity contribution in [2.75, 3.05) is 10.6 Å². The average Bonchev–Trinajstić information content (AvgIpc) is 2.78. The summed E-state index contributed by atoms with van der Waals surface area (Å²) in [6, 6.07) is 8.90. The van der Waals surface area contributed by atoms with E-state index in [-0.39, 0.29) is 6.03 Å². The van der Waals surface area contributed by atoms with E-state index in [2.05, 4.69) is 15.6 Å². The number of thiazole rings is 1. The van der Waals surface area contributed by atoms with E-state index in [4.69, 9.17) is 11.6 Å². The van der Waals surface area contributed by atoms with E-state index in [9.17, 15) is 4.79 Å². The molecule has 17 heavy (non-hydrogen) atoms. The summed E-state index contributed by atoms with van der Waals surface area (Å²) in [4.78, 5) is 15.7. The fourth-order valence-electron chi connectivity index (χ4n) is 1.21. The molecule has 2 amide bonds. The lowest BCUT2D eigenvalue weighted by atomic mass is 10.3. The number of carbonyl (C=O) groups excluding carboxylic acids is 1. The average molecular weight is 268 g/mol. The second kappa shape index (κ2) is 5.65. The number of nitrogens with one attached hydrogen (secondary N) is 2. The molecule has 1 heterocycles. The fourth-order valence-corrected chi connectivity index (χ4v) is 2.14. The molecule has 2 rings (SSSR count). The van der Waals surface area contributed by atoms with Gasteiger partial charge < -0.3 is 5.32 Å². The first-order valence-electron chi connectivity index (χ1n) is 4.91. The summed E-state index contributed by atoms with van der Waals surface area (Å²) in [6.45, 7) is 0. The molecule has 0 unspecified atom stereocenters. The topological polar surface area (TPSA) is 54.0 Å². The smallest absolute Gasteiger partial charge is 0.308 e. The molecule has 0 fully saturated rings. The summed E-state index contributed by atoms with van der Waals surface area (Å²) in [6.07, 6.45) is 0. The molecule has 6 heteroatoms. The van der Waals surface area contributed by atoms with Crippen LogP contribution in [0.5, 0.6) is 0 Å². The van der Waals surface area contributed by atoms with E-state index < -0.39 is 0 Å². The van der Waals surface area contributed by atoms with Crippen molar-refractivity contribution in [1.29, 1.82) is 0 Å². The molecule has 2 N–H and O–H groups in total. The van der Waals surface area contributed by atoms with Gasteiger partial charge in [0.05, 0.1) is 11.6 Å². The number of para-hydroxylation sites is 1. The highest BCUT2D eigenvalue weighted by molar-refractivity contribution is 7.14. The van der Waals surface area contributed by atoms with Gasteiger partial charge in [-0.3, -0.25) is 5.32 Å². The highest BCUT2D eigenvalue weighted by Crippen LogP contribution is 2.17. The summed E-state index contributed by atoms with van der Waals surface area (Å²) in [5, 5.41) is 7.69. The van der Waals surface area contributed by atoms with Crippen LogP contribution >= 0.6 is 22.9 Å². The molecule has 0 atom stereocenters. The Hall–Kier alpha value is -1.59. The maximum absolute atomic E-state index is 11.6. The second-order valence-corrected chi connectivity index (χ2v) is 4.35. The number of hydrogen-bond acceptors (Lipinski definition) is 3. The monoisotopic (exact) mass is 267 g/mol. The summed E-state index contributed by atoms with van der Waals surface area (Å²) in [7, 11) is 0. The van der Waals surface area contributed by atoms with Crippen LogP contribution in [0, 0.1) is 0 Å². The van der Waals surface area contributed by atoms with Gasteiger partial charge >= 0.3 is 6.03 Å². The Labute approximate surface area is 108 Å². The first-order valence-corrected chi connectivity index (χ1v) is 6.33. The number of carbonyl (C=O) groups is 1. The number of urea groups is 1. The maximum atomic E-state index is 11.6. The van der Waals surface area contributed by atoms with E-state index in [1.165, 1.54) is 11.3 Å². The third-order valence-electron chi connectivity index (χ3n) is 1.94. The number of aromatic nitrogens is 1. The van der Waals surface area contributed by atoms with E-state index in [0.717, 1.165) is 11.4 Å². The molecule has 1 aromatic heterocycles. The predicted octanol–water partition coefficient (Wildman–Crippen LogP) is 3.53. The van der Waals surface area contributed by atoms with Crippen molar-refractivity contribution in [2.24, 2.45) is 0 Å². The van der Waals surface area contributed by atoms with Crippen LogP contribution in [0.15, 0.2) is 35.7 Å². The lowest BCUT2D eigenvalue weighted by Crippen LogP contribution is -2.19. The Morgan fingerprint density at radius 1 is 1.29 bits per heavy atom. The Kier molecular flexibility index (Phi) is 3.95. The SMILES string of the molecule is O=C(Nc1ccccc1)Nc1nc(CCl)cs1. The Morgan fingerprint density at radius 2 is 2.06 bits per heavy atom. The van der Waals surface area contributed by atoms with Gasteiger partial charge in [0.1, 0.15) is 0 Å². The van der Waals surface area contributed by atoms with Crippen LogP contribution in [0.2, 0.25) is 0 Å². The highest BCUT2D eigenvalue weighted by Gasteiger charge is 2.05. The molecule has 0 bridgehead atoms. The van der Waals surface area contributed by atoms with Crippen LogP contribution in [-0.4, -0.2) is 11.0 Å². The molecule has 88 valence electrons. The third-order valence-corrected chi connectivity index (χ3v) is 3.02. The second-order valence-electron chi connectivity index (χ2n) is 3.22. The van der Waals surface area contributed by atoms with Crippen LogP contribution in [0.1, 0.15) is 5.69 Å². The van der Waals surface area contributed by atoms with Crippen molar-refractivity contribution in [3.63, 3.8) is 0 Å². The number of benzene rings is 1. The van der Waals surface area contributed by atoms with Gasteiger partial charge in [0, 0.05) is 11.1 Å². The van der Waals surface area contributed by atoms with Gasteiger partial charge in [0.15, 0.2) is 5.13 Å². The highest BCUT2D eigenvalue weighted by atomic mass is 35.5. The first-order chi connectivity index (χ1) is 8.28. The van der Waals surface area contributed by atoms with E-state index in [1.54, 1.807) is 0 Å². The number of rotatable bonds is 3. The van der Waals surface area contributed by atoms with Crippen LogP contribution in [0.4, 0.5) is 15.6 Å². The molecular weight excluding hydrogens is 258 g/mol. The summed E-state index contributed by atoms with van der Waals surface area (Å²) in [5.41, 5.74) is 1.49.